The van der Waals surface area contributed by atoms with Crippen molar-refractivity contribution in [3.05, 3.63) is 64.2 Å². The Hall–Kier alpha value is -1.75. The minimum atomic E-state index is -0.376. The summed E-state index contributed by atoms with van der Waals surface area (Å²) >= 11 is 7.49. The van der Waals surface area contributed by atoms with Crippen LogP contribution >= 0.6 is 22.9 Å². The van der Waals surface area contributed by atoms with Gasteiger partial charge in [-0.15, -0.1) is 11.3 Å². The van der Waals surface area contributed by atoms with Crippen molar-refractivity contribution in [2.45, 2.75) is 6.54 Å². The molecule has 0 atom stereocenters. The number of benzene rings is 2. The van der Waals surface area contributed by atoms with Crippen molar-refractivity contribution >= 4 is 22.9 Å². The molecular weight excluding hydrogens is 307 g/mol. The van der Waals surface area contributed by atoms with E-state index in [0.717, 1.165) is 16.1 Å². The summed E-state index contributed by atoms with van der Waals surface area (Å²) in [6.45, 7) is 0.355. The molecular formula is C16H12ClFN2S. The monoisotopic (exact) mass is 318 g/mol. The van der Waals surface area contributed by atoms with E-state index in [-0.39, 0.29) is 5.82 Å². The van der Waals surface area contributed by atoms with Gasteiger partial charge < -0.3 is 5.73 Å². The fourth-order valence-corrected chi connectivity index (χ4v) is 3.45. The lowest BCUT2D eigenvalue weighted by Crippen LogP contribution is -1.95. The number of nitrogens with two attached hydrogens (primary N) is 1. The van der Waals surface area contributed by atoms with E-state index in [1.165, 1.54) is 17.4 Å². The zero-order chi connectivity index (χ0) is 14.8. The molecule has 5 heteroatoms. The highest BCUT2D eigenvalue weighted by atomic mass is 35.5. The van der Waals surface area contributed by atoms with Crippen LogP contribution in [-0.4, -0.2) is 4.98 Å². The lowest BCUT2D eigenvalue weighted by atomic mass is 10.1. The van der Waals surface area contributed by atoms with Crippen molar-refractivity contribution in [2.24, 2.45) is 5.73 Å². The van der Waals surface area contributed by atoms with Gasteiger partial charge in [-0.1, -0.05) is 48.0 Å². The van der Waals surface area contributed by atoms with E-state index in [9.17, 15) is 4.39 Å². The third-order valence-electron chi connectivity index (χ3n) is 3.11. The number of nitrogens with zero attached hydrogens (tertiary/aromatic N) is 1. The first-order chi connectivity index (χ1) is 10.2. The molecule has 3 aromatic rings. The fraction of sp³-hybridized carbons (Fsp3) is 0.0625. The maximum atomic E-state index is 14.0. The van der Waals surface area contributed by atoms with Gasteiger partial charge in [-0.3, -0.25) is 0 Å². The van der Waals surface area contributed by atoms with Crippen LogP contribution < -0.4 is 5.73 Å². The zero-order valence-corrected chi connectivity index (χ0v) is 12.6. The van der Waals surface area contributed by atoms with Crippen LogP contribution in [0.4, 0.5) is 4.39 Å². The van der Waals surface area contributed by atoms with Gasteiger partial charge in [0.2, 0.25) is 0 Å². The molecule has 3 rings (SSSR count). The molecule has 1 aromatic heterocycles. The highest BCUT2D eigenvalue weighted by molar-refractivity contribution is 7.15. The molecule has 0 radical (unpaired) electrons. The zero-order valence-electron chi connectivity index (χ0n) is 11.0. The largest absolute Gasteiger partial charge is 0.326 e. The SMILES string of the molecule is NCc1sc(-c2c(F)cccc2Cl)nc1-c1ccccc1. The number of aromatic nitrogens is 1. The number of hydrogen-bond acceptors (Lipinski definition) is 3. The molecule has 0 aliphatic heterocycles. The van der Waals surface area contributed by atoms with Gasteiger partial charge in [0.05, 0.1) is 16.3 Å². The number of halogens is 2. The molecule has 0 unspecified atom stereocenters. The van der Waals surface area contributed by atoms with Crippen molar-refractivity contribution in [1.82, 2.24) is 4.98 Å². The van der Waals surface area contributed by atoms with E-state index in [1.807, 2.05) is 30.3 Å². The second-order valence-electron chi connectivity index (χ2n) is 4.46. The predicted molar refractivity (Wildman–Crippen MR) is 85.8 cm³/mol. The predicted octanol–water partition coefficient (Wildman–Crippen LogP) is 4.73. The van der Waals surface area contributed by atoms with Crippen LogP contribution in [0.5, 0.6) is 0 Å². The molecule has 2 nitrogen and oxygen atoms in total. The van der Waals surface area contributed by atoms with Gasteiger partial charge >= 0.3 is 0 Å². The van der Waals surface area contributed by atoms with Gasteiger partial charge in [-0.05, 0) is 12.1 Å². The Kier molecular flexibility index (Phi) is 4.01. The molecule has 2 N–H and O–H groups in total. The van der Waals surface area contributed by atoms with Gasteiger partial charge in [-0.25, -0.2) is 9.37 Å². The van der Waals surface area contributed by atoms with Crippen LogP contribution in [-0.2, 0) is 6.54 Å². The van der Waals surface area contributed by atoms with Crippen molar-refractivity contribution in [2.75, 3.05) is 0 Å². The average Bonchev–Trinajstić information content (AvgIpc) is 2.92. The highest BCUT2D eigenvalue weighted by Gasteiger charge is 2.17. The summed E-state index contributed by atoms with van der Waals surface area (Å²) in [5.74, 6) is -0.376. The summed E-state index contributed by atoms with van der Waals surface area (Å²) < 4.78 is 14.0. The normalized spacial score (nSPS) is 10.8. The van der Waals surface area contributed by atoms with Gasteiger partial charge in [-0.2, -0.15) is 0 Å². The summed E-state index contributed by atoms with van der Waals surface area (Å²) in [6, 6.07) is 14.3. The number of rotatable bonds is 3. The summed E-state index contributed by atoms with van der Waals surface area (Å²) in [7, 11) is 0. The van der Waals surface area contributed by atoms with Gasteiger partial charge in [0.1, 0.15) is 10.8 Å². The lowest BCUT2D eigenvalue weighted by Gasteiger charge is -2.01. The Bertz CT molecular complexity index is 751. The molecule has 0 saturated carbocycles. The van der Waals surface area contributed by atoms with E-state index in [0.29, 0.717) is 22.1 Å². The van der Waals surface area contributed by atoms with Crippen molar-refractivity contribution in [1.29, 1.82) is 0 Å². The molecule has 21 heavy (non-hydrogen) atoms. The Balaban J connectivity index is 2.17. The van der Waals surface area contributed by atoms with Crippen LogP contribution in [0.2, 0.25) is 5.02 Å². The summed E-state index contributed by atoms with van der Waals surface area (Å²) in [5, 5.41) is 0.907. The van der Waals surface area contributed by atoms with E-state index in [1.54, 1.807) is 12.1 Å². The topological polar surface area (TPSA) is 38.9 Å². The van der Waals surface area contributed by atoms with Crippen LogP contribution in [0.15, 0.2) is 48.5 Å². The van der Waals surface area contributed by atoms with E-state index < -0.39 is 0 Å². The quantitative estimate of drug-likeness (QED) is 0.758. The van der Waals surface area contributed by atoms with E-state index in [2.05, 4.69) is 4.98 Å². The minimum Gasteiger partial charge on any atom is -0.326 e. The summed E-state index contributed by atoms with van der Waals surface area (Å²) in [5.41, 5.74) is 7.89. The highest BCUT2D eigenvalue weighted by Crippen LogP contribution is 2.37. The van der Waals surface area contributed by atoms with E-state index in [4.69, 9.17) is 17.3 Å². The Morgan fingerprint density at radius 3 is 2.52 bits per heavy atom. The van der Waals surface area contributed by atoms with Gasteiger partial charge in [0.15, 0.2) is 0 Å². The third-order valence-corrected chi connectivity index (χ3v) is 4.52. The summed E-state index contributed by atoms with van der Waals surface area (Å²) in [4.78, 5) is 5.47. The molecule has 0 bridgehead atoms. The van der Waals surface area contributed by atoms with Crippen LogP contribution in [0.25, 0.3) is 21.8 Å². The average molecular weight is 319 g/mol. The Morgan fingerprint density at radius 1 is 1.10 bits per heavy atom. The first-order valence-corrected chi connectivity index (χ1v) is 7.59. The molecule has 2 aromatic carbocycles. The molecule has 0 fully saturated rings. The molecule has 0 saturated heterocycles. The van der Waals surface area contributed by atoms with Crippen LogP contribution in [0.1, 0.15) is 4.88 Å². The van der Waals surface area contributed by atoms with Gasteiger partial charge in [0, 0.05) is 17.0 Å². The first-order valence-electron chi connectivity index (χ1n) is 6.40. The molecule has 1 heterocycles. The lowest BCUT2D eigenvalue weighted by molar-refractivity contribution is 0.631. The minimum absolute atomic E-state index is 0.334. The molecule has 0 aliphatic carbocycles. The second kappa shape index (κ2) is 5.93. The van der Waals surface area contributed by atoms with E-state index >= 15 is 0 Å². The second-order valence-corrected chi connectivity index (χ2v) is 5.95. The van der Waals surface area contributed by atoms with Crippen molar-refractivity contribution < 1.29 is 4.39 Å². The smallest absolute Gasteiger partial charge is 0.134 e. The molecule has 0 spiro atoms. The van der Waals surface area contributed by atoms with Crippen LogP contribution in [0, 0.1) is 5.82 Å². The standard InChI is InChI=1S/C16H12ClFN2S/c17-11-7-4-8-12(18)14(11)16-20-15(13(9-19)21-16)10-5-2-1-3-6-10/h1-8H,9,19H2. The van der Waals surface area contributed by atoms with Gasteiger partial charge in [0.25, 0.3) is 0 Å². The van der Waals surface area contributed by atoms with Crippen molar-refractivity contribution in [3.63, 3.8) is 0 Å². The Labute approximate surface area is 131 Å². The van der Waals surface area contributed by atoms with Crippen LogP contribution in [0.3, 0.4) is 0 Å². The molecule has 0 aliphatic rings. The fourth-order valence-electron chi connectivity index (χ4n) is 2.12. The number of hydrogen-bond donors (Lipinski definition) is 1. The molecule has 106 valence electrons. The third kappa shape index (κ3) is 2.70. The van der Waals surface area contributed by atoms with Crippen molar-refractivity contribution in [3.8, 4) is 21.8 Å². The summed E-state index contributed by atoms with van der Waals surface area (Å²) in [6.07, 6.45) is 0. The number of thiazole rings is 1. The Morgan fingerprint density at radius 2 is 1.86 bits per heavy atom. The maximum absolute atomic E-state index is 14.0. The molecule has 0 amide bonds. The maximum Gasteiger partial charge on any atom is 0.134 e. The first kappa shape index (κ1) is 14.2.